The summed E-state index contributed by atoms with van der Waals surface area (Å²) < 4.78 is 0. The van der Waals surface area contributed by atoms with Crippen LogP contribution in [0.1, 0.15) is 5.56 Å². The lowest BCUT2D eigenvalue weighted by Gasteiger charge is -2.05. The van der Waals surface area contributed by atoms with E-state index >= 15 is 0 Å². The lowest BCUT2D eigenvalue weighted by atomic mass is 10.2. The average molecular weight is 188 g/mol. The fourth-order valence-electron chi connectivity index (χ4n) is 0.909. The third kappa shape index (κ3) is 1.63. The van der Waals surface area contributed by atoms with Gasteiger partial charge in [-0.15, -0.1) is 11.8 Å². The lowest BCUT2D eigenvalue weighted by molar-refractivity contribution is 1.31. The molecular weight excluding hydrogens is 178 g/mol. The molecule has 0 fully saturated rings. The second-order valence-corrected chi connectivity index (χ2v) is 3.52. The van der Waals surface area contributed by atoms with Crippen LogP contribution in [0, 0.1) is 6.92 Å². The summed E-state index contributed by atoms with van der Waals surface area (Å²) in [5.74, 6) is 0. The Morgan fingerprint density at radius 3 is 2.64 bits per heavy atom. The maximum absolute atomic E-state index is 5.92. The van der Waals surface area contributed by atoms with Crippen LogP contribution in [-0.2, 0) is 0 Å². The maximum Gasteiger partial charge on any atom is 0.0675 e. The minimum Gasteiger partial charge on any atom is -0.398 e. The first-order valence-corrected chi connectivity index (χ1v) is 4.85. The number of nitrogens with two attached hydrogens (primary N) is 1. The van der Waals surface area contributed by atoms with Crippen molar-refractivity contribution >= 4 is 29.1 Å². The number of thioether (sulfide) groups is 1. The summed E-state index contributed by atoms with van der Waals surface area (Å²) in [4.78, 5) is 1.18. The zero-order chi connectivity index (χ0) is 8.43. The van der Waals surface area contributed by atoms with Gasteiger partial charge >= 0.3 is 0 Å². The Labute approximate surface area is 75.9 Å². The molecule has 1 rings (SSSR count). The standard InChI is InChI=1S/C8H10ClNS/c1-5-7(11-2)4-3-6(10)8(5)9/h3-4H,10H2,1-2H3. The van der Waals surface area contributed by atoms with Crippen LogP contribution in [0.3, 0.4) is 0 Å². The van der Waals surface area contributed by atoms with Gasteiger partial charge in [0.1, 0.15) is 0 Å². The molecule has 0 aromatic heterocycles. The van der Waals surface area contributed by atoms with Gasteiger partial charge in [-0.05, 0) is 30.9 Å². The third-order valence-electron chi connectivity index (χ3n) is 1.59. The van der Waals surface area contributed by atoms with Crippen molar-refractivity contribution in [3.8, 4) is 0 Å². The van der Waals surface area contributed by atoms with Gasteiger partial charge in [0.05, 0.1) is 10.7 Å². The molecule has 0 spiro atoms. The summed E-state index contributed by atoms with van der Waals surface area (Å²) >= 11 is 7.60. The van der Waals surface area contributed by atoms with Crippen LogP contribution in [-0.4, -0.2) is 6.26 Å². The van der Waals surface area contributed by atoms with E-state index in [0.29, 0.717) is 10.7 Å². The Bertz CT molecular complexity index is 273. The number of rotatable bonds is 1. The van der Waals surface area contributed by atoms with Gasteiger partial charge in [-0.25, -0.2) is 0 Å². The molecule has 0 saturated heterocycles. The van der Waals surface area contributed by atoms with Crippen LogP contribution in [0.4, 0.5) is 5.69 Å². The van der Waals surface area contributed by atoms with Gasteiger partial charge in [-0.2, -0.15) is 0 Å². The van der Waals surface area contributed by atoms with Crippen LogP contribution in [0.5, 0.6) is 0 Å². The number of anilines is 1. The van der Waals surface area contributed by atoms with Gasteiger partial charge in [0.15, 0.2) is 0 Å². The smallest absolute Gasteiger partial charge is 0.0675 e. The topological polar surface area (TPSA) is 26.0 Å². The molecule has 11 heavy (non-hydrogen) atoms. The van der Waals surface area contributed by atoms with Crippen molar-refractivity contribution < 1.29 is 0 Å². The lowest BCUT2D eigenvalue weighted by Crippen LogP contribution is -1.89. The Kier molecular flexibility index (Phi) is 2.68. The van der Waals surface area contributed by atoms with E-state index in [0.717, 1.165) is 5.56 Å². The van der Waals surface area contributed by atoms with E-state index in [1.165, 1.54) is 4.90 Å². The van der Waals surface area contributed by atoms with E-state index in [1.807, 2.05) is 25.3 Å². The van der Waals surface area contributed by atoms with Crippen molar-refractivity contribution in [1.82, 2.24) is 0 Å². The fourth-order valence-corrected chi connectivity index (χ4v) is 1.74. The molecule has 0 aliphatic rings. The average Bonchev–Trinajstić information content (AvgIpc) is 2.01. The highest BCUT2D eigenvalue weighted by Crippen LogP contribution is 2.30. The highest BCUT2D eigenvalue weighted by atomic mass is 35.5. The van der Waals surface area contributed by atoms with E-state index in [-0.39, 0.29) is 0 Å². The Balaban J connectivity index is 3.25. The minimum atomic E-state index is 0.655. The minimum absolute atomic E-state index is 0.655. The predicted octanol–water partition coefficient (Wildman–Crippen LogP) is 2.95. The normalized spacial score (nSPS) is 10.1. The van der Waals surface area contributed by atoms with E-state index in [9.17, 15) is 0 Å². The van der Waals surface area contributed by atoms with Crippen molar-refractivity contribution in [3.63, 3.8) is 0 Å². The first kappa shape index (κ1) is 8.75. The van der Waals surface area contributed by atoms with Crippen LogP contribution in [0.25, 0.3) is 0 Å². The van der Waals surface area contributed by atoms with Crippen LogP contribution < -0.4 is 5.73 Å². The molecule has 0 bridgehead atoms. The summed E-state index contributed by atoms with van der Waals surface area (Å²) in [7, 11) is 0. The van der Waals surface area contributed by atoms with Gasteiger partial charge in [-0.3, -0.25) is 0 Å². The zero-order valence-corrected chi connectivity index (χ0v) is 8.09. The summed E-state index contributed by atoms with van der Waals surface area (Å²) in [5, 5.41) is 0.678. The van der Waals surface area contributed by atoms with Crippen molar-refractivity contribution in [2.45, 2.75) is 11.8 Å². The molecule has 0 unspecified atom stereocenters. The monoisotopic (exact) mass is 187 g/mol. The molecule has 1 aromatic carbocycles. The van der Waals surface area contributed by atoms with E-state index in [1.54, 1.807) is 11.8 Å². The molecule has 3 heteroatoms. The van der Waals surface area contributed by atoms with Crippen molar-refractivity contribution in [1.29, 1.82) is 0 Å². The van der Waals surface area contributed by atoms with Crippen molar-refractivity contribution in [2.24, 2.45) is 0 Å². The summed E-state index contributed by atoms with van der Waals surface area (Å²) in [6, 6.07) is 3.82. The summed E-state index contributed by atoms with van der Waals surface area (Å²) in [6.07, 6.45) is 2.02. The number of benzene rings is 1. The largest absolute Gasteiger partial charge is 0.398 e. The highest BCUT2D eigenvalue weighted by molar-refractivity contribution is 7.98. The molecule has 0 amide bonds. The van der Waals surface area contributed by atoms with Crippen LogP contribution in [0.15, 0.2) is 17.0 Å². The summed E-state index contributed by atoms with van der Waals surface area (Å²) in [6.45, 7) is 1.98. The molecule has 0 aliphatic carbocycles. The van der Waals surface area contributed by atoms with Gasteiger partial charge in [0.25, 0.3) is 0 Å². The molecule has 0 saturated carbocycles. The number of hydrogen-bond acceptors (Lipinski definition) is 2. The molecule has 0 heterocycles. The Hall–Kier alpha value is -0.340. The molecule has 0 radical (unpaired) electrons. The van der Waals surface area contributed by atoms with E-state index < -0.39 is 0 Å². The highest BCUT2D eigenvalue weighted by Gasteiger charge is 2.03. The molecule has 1 nitrogen and oxygen atoms in total. The quantitative estimate of drug-likeness (QED) is 0.541. The van der Waals surface area contributed by atoms with Crippen molar-refractivity contribution in [2.75, 3.05) is 12.0 Å². The van der Waals surface area contributed by atoms with Crippen LogP contribution in [0.2, 0.25) is 5.02 Å². The Morgan fingerprint density at radius 1 is 1.45 bits per heavy atom. The SMILES string of the molecule is CSc1ccc(N)c(Cl)c1C. The first-order chi connectivity index (χ1) is 5.16. The molecular formula is C8H10ClNS. The maximum atomic E-state index is 5.92. The summed E-state index contributed by atoms with van der Waals surface area (Å²) in [5.41, 5.74) is 7.33. The molecule has 0 aliphatic heterocycles. The van der Waals surface area contributed by atoms with E-state index in [2.05, 4.69) is 0 Å². The first-order valence-electron chi connectivity index (χ1n) is 3.25. The number of halogens is 1. The molecule has 2 N–H and O–H groups in total. The van der Waals surface area contributed by atoms with Gasteiger partial charge < -0.3 is 5.73 Å². The third-order valence-corrected chi connectivity index (χ3v) is 2.97. The van der Waals surface area contributed by atoms with Crippen molar-refractivity contribution in [3.05, 3.63) is 22.7 Å². The molecule has 1 aromatic rings. The van der Waals surface area contributed by atoms with Gasteiger partial charge in [0, 0.05) is 4.90 Å². The second-order valence-electron chi connectivity index (χ2n) is 2.30. The van der Waals surface area contributed by atoms with Crippen LogP contribution >= 0.6 is 23.4 Å². The van der Waals surface area contributed by atoms with E-state index in [4.69, 9.17) is 17.3 Å². The number of nitrogen functional groups attached to an aromatic ring is 1. The second kappa shape index (κ2) is 3.37. The molecule has 0 atom stereocenters. The zero-order valence-electron chi connectivity index (χ0n) is 6.52. The van der Waals surface area contributed by atoms with Gasteiger partial charge in [0.2, 0.25) is 0 Å². The predicted molar refractivity (Wildman–Crippen MR) is 52.4 cm³/mol. The Morgan fingerprint density at radius 2 is 2.09 bits per heavy atom. The van der Waals surface area contributed by atoms with Gasteiger partial charge in [-0.1, -0.05) is 11.6 Å². The fraction of sp³-hybridized carbons (Fsp3) is 0.250. The number of hydrogen-bond donors (Lipinski definition) is 1. The molecule has 60 valence electrons.